The number of nitrogen functional groups attached to an aromatic ring is 1. The van der Waals surface area contributed by atoms with Gasteiger partial charge in [-0.1, -0.05) is 12.1 Å². The second-order valence-electron chi connectivity index (χ2n) is 11.5. The number of nitrogens with zero attached hydrogens (tertiary/aromatic N) is 5. The fourth-order valence-electron chi connectivity index (χ4n) is 6.25. The van der Waals surface area contributed by atoms with Crippen LogP contribution in [0.5, 0.6) is 0 Å². The number of carbonyl (C=O) groups is 1. The zero-order chi connectivity index (χ0) is 27.1. The number of fused-ring (bicyclic) bond motifs is 1. The number of benzene rings is 1. The van der Waals surface area contributed by atoms with E-state index in [0.717, 1.165) is 74.7 Å². The van der Waals surface area contributed by atoms with Crippen molar-refractivity contribution in [3.63, 3.8) is 0 Å². The number of pyridine rings is 1. The van der Waals surface area contributed by atoms with Crippen molar-refractivity contribution in [1.29, 1.82) is 0 Å². The second kappa shape index (κ2) is 10.6. The van der Waals surface area contributed by atoms with Crippen LogP contribution in [0.3, 0.4) is 0 Å². The fourth-order valence-corrected chi connectivity index (χ4v) is 6.25. The summed E-state index contributed by atoms with van der Waals surface area (Å²) in [5, 5.41) is 2.94. The minimum atomic E-state index is -0.182. The largest absolute Gasteiger partial charge is 0.382 e. The summed E-state index contributed by atoms with van der Waals surface area (Å²) in [7, 11) is 0. The molecule has 1 unspecified atom stereocenters. The molecule has 1 saturated carbocycles. The Hall–Kier alpha value is -3.82. The number of aromatic nitrogens is 4. The van der Waals surface area contributed by atoms with Crippen molar-refractivity contribution in [3.05, 3.63) is 71.9 Å². The number of ether oxygens (including phenoxy) is 1. The van der Waals surface area contributed by atoms with Crippen molar-refractivity contribution in [2.24, 2.45) is 5.92 Å². The highest BCUT2D eigenvalue weighted by molar-refractivity contribution is 6.04. The first kappa shape index (κ1) is 25.2. The van der Waals surface area contributed by atoms with Gasteiger partial charge < -0.3 is 20.7 Å². The molecule has 40 heavy (non-hydrogen) atoms. The molecule has 0 radical (unpaired) electrons. The number of carbonyl (C=O) groups excluding carboxylic acids is 1. The van der Waals surface area contributed by atoms with Crippen molar-refractivity contribution in [3.8, 4) is 11.3 Å². The van der Waals surface area contributed by atoms with Gasteiger partial charge in [0, 0.05) is 55.3 Å². The maximum Gasteiger partial charge on any atom is 0.256 e. The second-order valence-corrected chi connectivity index (χ2v) is 11.5. The summed E-state index contributed by atoms with van der Waals surface area (Å²) in [5.41, 5.74) is 10.7. The molecular formula is C31H35N7O2. The normalized spacial score (nSPS) is 21.6. The Kier molecular flexibility index (Phi) is 6.69. The number of rotatable bonds is 7. The lowest BCUT2D eigenvalue weighted by Crippen LogP contribution is -2.38. The van der Waals surface area contributed by atoms with E-state index in [1.54, 1.807) is 12.4 Å². The number of nitrogens with one attached hydrogen (secondary N) is 1. The third-order valence-electron chi connectivity index (χ3n) is 8.52. The maximum atomic E-state index is 13.0. The van der Waals surface area contributed by atoms with Gasteiger partial charge in [-0.05, 0) is 80.3 Å². The summed E-state index contributed by atoms with van der Waals surface area (Å²) in [4.78, 5) is 29.4. The van der Waals surface area contributed by atoms with Gasteiger partial charge in [-0.2, -0.15) is 0 Å². The standard InChI is InChI=1S/C31H35N7O2/c32-29-28-27(22-5-7-23(8-6-22)31(39)35-26-16-24(9-11-33-26)21-3-4-21)36-30(38(28)14-12-34-29)25-2-1-13-37(18-25)17-20-10-15-40-19-20/h5-9,11-12,14,16,20-21,25H,1-4,10,13,15,17-19H2,(H2,32,34)(H,33,35,39)/t20?,25-/m1/s1. The summed E-state index contributed by atoms with van der Waals surface area (Å²) in [5.74, 6) is 3.42. The molecule has 5 heterocycles. The molecule has 2 saturated heterocycles. The van der Waals surface area contributed by atoms with E-state index in [0.29, 0.717) is 35.0 Å². The minimum absolute atomic E-state index is 0.182. The molecule has 0 spiro atoms. The molecule has 206 valence electrons. The Balaban J connectivity index is 1.13. The van der Waals surface area contributed by atoms with Gasteiger partial charge in [0.1, 0.15) is 28.7 Å². The number of anilines is 2. The zero-order valence-electron chi connectivity index (χ0n) is 22.6. The van der Waals surface area contributed by atoms with Gasteiger partial charge >= 0.3 is 0 Å². The lowest BCUT2D eigenvalue weighted by Gasteiger charge is -2.33. The van der Waals surface area contributed by atoms with E-state index in [1.807, 2.05) is 42.6 Å². The van der Waals surface area contributed by atoms with Crippen molar-refractivity contribution in [2.45, 2.75) is 43.9 Å². The fraction of sp³-hybridized carbons (Fsp3) is 0.419. The lowest BCUT2D eigenvalue weighted by atomic mass is 9.96. The number of likely N-dealkylation sites (tertiary alicyclic amines) is 1. The molecule has 3 aromatic heterocycles. The summed E-state index contributed by atoms with van der Waals surface area (Å²) < 4.78 is 7.72. The van der Waals surface area contributed by atoms with Gasteiger partial charge in [-0.25, -0.2) is 15.0 Å². The van der Waals surface area contributed by atoms with Gasteiger partial charge in [0.15, 0.2) is 0 Å². The number of hydrogen-bond donors (Lipinski definition) is 2. The predicted molar refractivity (Wildman–Crippen MR) is 154 cm³/mol. The SMILES string of the molecule is Nc1nccn2c([C@@H]3CCCN(CC4CCOC4)C3)nc(-c3ccc(C(=O)Nc4cc(C5CC5)ccn4)cc3)c12. The quantitative estimate of drug-likeness (QED) is 0.351. The molecule has 3 aliphatic rings. The van der Waals surface area contributed by atoms with Crippen molar-refractivity contribution < 1.29 is 9.53 Å². The average Bonchev–Trinajstić information content (AvgIpc) is 3.57. The Bertz CT molecular complexity index is 1520. The van der Waals surface area contributed by atoms with Crippen LogP contribution >= 0.6 is 0 Å². The average molecular weight is 538 g/mol. The molecule has 2 aliphatic heterocycles. The highest BCUT2D eigenvalue weighted by Crippen LogP contribution is 2.40. The Morgan fingerprint density at radius 2 is 1.93 bits per heavy atom. The number of nitrogens with two attached hydrogens (primary N) is 1. The van der Waals surface area contributed by atoms with Gasteiger partial charge in [0.2, 0.25) is 0 Å². The van der Waals surface area contributed by atoms with Gasteiger partial charge in [0.25, 0.3) is 5.91 Å². The molecule has 4 aromatic rings. The van der Waals surface area contributed by atoms with E-state index in [2.05, 4.69) is 24.6 Å². The van der Waals surface area contributed by atoms with Gasteiger partial charge in [-0.15, -0.1) is 0 Å². The third kappa shape index (κ3) is 5.07. The highest BCUT2D eigenvalue weighted by atomic mass is 16.5. The molecule has 1 amide bonds. The molecule has 9 heteroatoms. The number of piperidine rings is 1. The van der Waals surface area contributed by atoms with Gasteiger partial charge in [0.05, 0.1) is 6.61 Å². The Morgan fingerprint density at radius 1 is 1.05 bits per heavy atom. The van der Waals surface area contributed by atoms with Crippen molar-refractivity contribution in [1.82, 2.24) is 24.3 Å². The molecule has 3 fully saturated rings. The number of amides is 1. The summed E-state index contributed by atoms with van der Waals surface area (Å²) >= 11 is 0. The van der Waals surface area contributed by atoms with Gasteiger partial charge in [-0.3, -0.25) is 9.20 Å². The van der Waals surface area contributed by atoms with Crippen LogP contribution < -0.4 is 11.1 Å². The number of hydrogen-bond acceptors (Lipinski definition) is 7. The molecule has 3 N–H and O–H groups in total. The lowest BCUT2D eigenvalue weighted by molar-refractivity contribution is 0.102. The highest BCUT2D eigenvalue weighted by Gasteiger charge is 2.29. The third-order valence-corrected chi connectivity index (χ3v) is 8.52. The molecule has 0 bridgehead atoms. The minimum Gasteiger partial charge on any atom is -0.382 e. The smallest absolute Gasteiger partial charge is 0.256 e. The van der Waals surface area contributed by atoms with Crippen LogP contribution in [-0.2, 0) is 4.74 Å². The summed E-state index contributed by atoms with van der Waals surface area (Å²) in [6.07, 6.45) is 11.3. The van der Waals surface area contributed by atoms with Crippen LogP contribution in [0.1, 0.15) is 65.7 Å². The van der Waals surface area contributed by atoms with Crippen LogP contribution in [0.2, 0.25) is 0 Å². The van der Waals surface area contributed by atoms with Crippen LogP contribution in [-0.4, -0.2) is 63.0 Å². The van der Waals surface area contributed by atoms with Crippen LogP contribution in [0.25, 0.3) is 16.8 Å². The van der Waals surface area contributed by atoms with E-state index in [-0.39, 0.29) is 5.91 Å². The molecule has 2 atom stereocenters. The van der Waals surface area contributed by atoms with E-state index < -0.39 is 0 Å². The van der Waals surface area contributed by atoms with Crippen LogP contribution in [0.15, 0.2) is 55.0 Å². The van der Waals surface area contributed by atoms with E-state index in [9.17, 15) is 4.79 Å². The first-order chi connectivity index (χ1) is 19.6. The Labute approximate surface area is 233 Å². The van der Waals surface area contributed by atoms with E-state index >= 15 is 0 Å². The van der Waals surface area contributed by atoms with Crippen LogP contribution in [0, 0.1) is 5.92 Å². The maximum absolute atomic E-state index is 13.0. The molecule has 9 nitrogen and oxygen atoms in total. The number of imidazole rings is 1. The predicted octanol–water partition coefficient (Wildman–Crippen LogP) is 4.72. The van der Waals surface area contributed by atoms with Crippen molar-refractivity contribution in [2.75, 3.05) is 43.9 Å². The monoisotopic (exact) mass is 537 g/mol. The van der Waals surface area contributed by atoms with E-state index in [4.69, 9.17) is 15.5 Å². The topological polar surface area (TPSA) is 111 Å². The Morgan fingerprint density at radius 3 is 2.73 bits per heavy atom. The molecular weight excluding hydrogens is 502 g/mol. The summed E-state index contributed by atoms with van der Waals surface area (Å²) in [6, 6.07) is 11.6. The molecule has 1 aromatic carbocycles. The molecule has 7 rings (SSSR count). The molecule has 1 aliphatic carbocycles. The first-order valence-electron chi connectivity index (χ1n) is 14.4. The first-order valence-corrected chi connectivity index (χ1v) is 14.4. The van der Waals surface area contributed by atoms with Crippen molar-refractivity contribution >= 4 is 23.1 Å². The van der Waals surface area contributed by atoms with Crippen LogP contribution in [0.4, 0.5) is 11.6 Å². The zero-order valence-corrected chi connectivity index (χ0v) is 22.6. The van der Waals surface area contributed by atoms with E-state index in [1.165, 1.54) is 18.4 Å². The summed E-state index contributed by atoms with van der Waals surface area (Å²) in [6.45, 7) is 4.94.